The van der Waals surface area contributed by atoms with Gasteiger partial charge in [0.1, 0.15) is 34.4 Å². The van der Waals surface area contributed by atoms with E-state index in [9.17, 15) is 22.0 Å². The highest BCUT2D eigenvalue weighted by Crippen LogP contribution is 2.29. The average Bonchev–Trinajstić information content (AvgIpc) is 3.00. The molecule has 13 heteroatoms. The van der Waals surface area contributed by atoms with Crippen LogP contribution in [0.15, 0.2) is 84.0 Å². The number of likely N-dealkylation sites (tertiary alicyclic amines) is 1. The Morgan fingerprint density at radius 2 is 1.72 bits per heavy atom. The van der Waals surface area contributed by atoms with Crippen molar-refractivity contribution in [3.63, 3.8) is 0 Å². The average molecular weight is 610 g/mol. The van der Waals surface area contributed by atoms with Gasteiger partial charge in [0, 0.05) is 23.4 Å². The first-order valence-electron chi connectivity index (χ1n) is 13.4. The smallest absolute Gasteiger partial charge is 0.322 e. The Labute approximate surface area is 247 Å². The molecule has 1 saturated heterocycles. The molecule has 3 aromatic carbocycles. The van der Waals surface area contributed by atoms with Gasteiger partial charge >= 0.3 is 6.47 Å². The van der Waals surface area contributed by atoms with Crippen LogP contribution in [-0.2, 0) is 19.7 Å². The Hall–Kier alpha value is -4.62. The summed E-state index contributed by atoms with van der Waals surface area (Å²) in [6, 6.07) is 17.1. The summed E-state index contributed by atoms with van der Waals surface area (Å²) >= 11 is 0. The van der Waals surface area contributed by atoms with Gasteiger partial charge in [0.2, 0.25) is 0 Å². The SMILES string of the molecule is CN1CCC(COc2ccc(-c3cc(Nc4ccc(N(OC=O)S(=O)(=O)c5ccc(F)cc5F)cc4)ncn3)cc2)CC1. The predicted molar refractivity (Wildman–Crippen MR) is 156 cm³/mol. The van der Waals surface area contributed by atoms with Crippen LogP contribution in [0.3, 0.4) is 0 Å². The Bertz CT molecular complexity index is 1670. The lowest BCUT2D eigenvalue weighted by atomic mass is 9.98. The summed E-state index contributed by atoms with van der Waals surface area (Å²) in [5, 5.41) is 3.11. The summed E-state index contributed by atoms with van der Waals surface area (Å²) in [7, 11) is -2.56. The van der Waals surface area contributed by atoms with E-state index in [1.807, 2.05) is 24.3 Å². The van der Waals surface area contributed by atoms with Gasteiger partial charge in [0.25, 0.3) is 10.0 Å². The van der Waals surface area contributed by atoms with Crippen molar-refractivity contribution >= 4 is 33.7 Å². The fourth-order valence-electron chi connectivity index (χ4n) is 4.63. The summed E-state index contributed by atoms with van der Waals surface area (Å²) in [5.41, 5.74) is 1.98. The number of benzene rings is 3. The van der Waals surface area contributed by atoms with Crippen LogP contribution in [0.5, 0.6) is 5.75 Å². The Morgan fingerprint density at radius 1 is 1.00 bits per heavy atom. The lowest BCUT2D eigenvalue weighted by molar-refractivity contribution is -0.128. The number of carbonyl (C=O) groups is 1. The van der Waals surface area contributed by atoms with Gasteiger partial charge in [-0.1, -0.05) is 4.47 Å². The molecule has 1 aromatic heterocycles. The number of aromatic nitrogens is 2. The monoisotopic (exact) mass is 609 g/mol. The number of nitrogens with one attached hydrogen (secondary N) is 1. The molecule has 1 aliphatic heterocycles. The van der Waals surface area contributed by atoms with Crippen molar-refractivity contribution in [2.75, 3.05) is 36.5 Å². The van der Waals surface area contributed by atoms with Gasteiger partial charge in [-0.05, 0) is 99.6 Å². The maximum atomic E-state index is 14.2. The largest absolute Gasteiger partial charge is 0.493 e. The van der Waals surface area contributed by atoms with Crippen LogP contribution < -0.4 is 14.5 Å². The number of anilines is 3. The molecule has 4 aromatic rings. The van der Waals surface area contributed by atoms with Gasteiger partial charge in [0.05, 0.1) is 18.0 Å². The number of hydrogen-bond donors (Lipinski definition) is 1. The molecule has 1 N–H and O–H groups in total. The van der Waals surface area contributed by atoms with E-state index in [1.54, 1.807) is 6.07 Å². The summed E-state index contributed by atoms with van der Waals surface area (Å²) in [5.74, 6) is -0.447. The molecule has 2 heterocycles. The van der Waals surface area contributed by atoms with Crippen LogP contribution in [0, 0.1) is 17.6 Å². The minimum atomic E-state index is -4.70. The van der Waals surface area contributed by atoms with Crippen LogP contribution in [0.4, 0.5) is 26.0 Å². The number of rotatable bonds is 11. The molecule has 5 rings (SSSR count). The molecule has 0 atom stereocenters. The number of carbonyl (C=O) groups excluding carboxylic acids is 1. The maximum Gasteiger partial charge on any atom is 0.322 e. The van der Waals surface area contributed by atoms with E-state index >= 15 is 0 Å². The summed E-state index contributed by atoms with van der Waals surface area (Å²) < 4.78 is 59.8. The highest BCUT2D eigenvalue weighted by molar-refractivity contribution is 7.92. The summed E-state index contributed by atoms with van der Waals surface area (Å²) in [6.45, 7) is 2.77. The Kier molecular flexibility index (Phi) is 9.12. The molecular formula is C30H29F2N5O5S. The second kappa shape index (κ2) is 13.1. The molecule has 0 saturated carbocycles. The standard InChI is InChI=1S/C30H29F2N5O5S/c1-36-14-12-21(13-15-36)18-41-26-9-2-22(3-10-26)28-17-30(34-19-33-28)35-24-5-7-25(8-6-24)37(42-20-38)43(39,40)29-11-4-23(31)16-27(29)32/h2-11,16-17,19-21H,12-15,18H2,1H3,(H,33,34,35). The number of ether oxygens (including phenoxy) is 1. The highest BCUT2D eigenvalue weighted by Gasteiger charge is 2.30. The van der Waals surface area contributed by atoms with E-state index in [2.05, 4.69) is 32.1 Å². The number of nitrogens with zero attached hydrogens (tertiary/aromatic N) is 4. The number of hydrogen-bond acceptors (Lipinski definition) is 9. The second-order valence-electron chi connectivity index (χ2n) is 10.1. The molecule has 1 aliphatic rings. The zero-order valence-electron chi connectivity index (χ0n) is 23.2. The molecule has 0 radical (unpaired) electrons. The molecule has 0 unspecified atom stereocenters. The summed E-state index contributed by atoms with van der Waals surface area (Å²) in [6.07, 6.45) is 3.68. The maximum absolute atomic E-state index is 14.2. The van der Waals surface area contributed by atoms with E-state index in [0.717, 1.165) is 49.4 Å². The lowest BCUT2D eigenvalue weighted by Crippen LogP contribution is -2.32. The Balaban J connectivity index is 1.25. The number of piperidine rings is 1. The van der Waals surface area contributed by atoms with E-state index in [-0.39, 0.29) is 16.6 Å². The number of sulfonamides is 1. The summed E-state index contributed by atoms with van der Waals surface area (Å²) in [4.78, 5) is 25.8. The van der Waals surface area contributed by atoms with Gasteiger partial charge in [-0.25, -0.2) is 18.7 Å². The molecule has 224 valence electrons. The topological polar surface area (TPSA) is 114 Å². The third kappa shape index (κ3) is 7.24. The van der Waals surface area contributed by atoms with Crippen LogP contribution in [-0.4, -0.2) is 56.5 Å². The van der Waals surface area contributed by atoms with E-state index in [0.29, 0.717) is 35.8 Å². The first-order valence-corrected chi connectivity index (χ1v) is 14.9. The minimum Gasteiger partial charge on any atom is -0.493 e. The van der Waals surface area contributed by atoms with Crippen molar-refractivity contribution in [1.29, 1.82) is 0 Å². The molecule has 43 heavy (non-hydrogen) atoms. The van der Waals surface area contributed by atoms with Crippen LogP contribution in [0.1, 0.15) is 12.8 Å². The van der Waals surface area contributed by atoms with Crippen molar-refractivity contribution in [3.8, 4) is 17.0 Å². The minimum absolute atomic E-state index is 0.0946. The van der Waals surface area contributed by atoms with Crippen LogP contribution in [0.2, 0.25) is 0 Å². The van der Waals surface area contributed by atoms with Gasteiger partial charge in [-0.2, -0.15) is 8.42 Å². The normalized spacial score (nSPS) is 14.2. The zero-order valence-corrected chi connectivity index (χ0v) is 24.0. The molecular weight excluding hydrogens is 580 g/mol. The van der Waals surface area contributed by atoms with Gasteiger partial charge < -0.3 is 19.8 Å². The van der Waals surface area contributed by atoms with Crippen molar-refractivity contribution in [2.45, 2.75) is 17.7 Å². The van der Waals surface area contributed by atoms with Gasteiger partial charge in [-0.3, -0.25) is 4.79 Å². The van der Waals surface area contributed by atoms with E-state index in [1.165, 1.54) is 30.6 Å². The fraction of sp³-hybridized carbons (Fsp3) is 0.233. The number of halogens is 2. The zero-order chi connectivity index (χ0) is 30.4. The molecule has 1 fully saturated rings. The third-order valence-electron chi connectivity index (χ3n) is 7.02. The molecule has 0 bridgehead atoms. The highest BCUT2D eigenvalue weighted by atomic mass is 32.2. The molecule has 0 amide bonds. The second-order valence-corrected chi connectivity index (χ2v) is 11.8. The van der Waals surface area contributed by atoms with E-state index in [4.69, 9.17) is 4.74 Å². The van der Waals surface area contributed by atoms with Crippen molar-refractivity contribution < 1.29 is 31.6 Å². The van der Waals surface area contributed by atoms with E-state index < -0.39 is 26.6 Å². The van der Waals surface area contributed by atoms with Crippen LogP contribution >= 0.6 is 0 Å². The molecule has 10 nitrogen and oxygen atoms in total. The first kappa shape index (κ1) is 29.9. The van der Waals surface area contributed by atoms with Crippen LogP contribution in [0.25, 0.3) is 11.3 Å². The first-order chi connectivity index (χ1) is 20.7. The van der Waals surface area contributed by atoms with Crippen molar-refractivity contribution in [2.24, 2.45) is 5.92 Å². The lowest BCUT2D eigenvalue weighted by Gasteiger charge is -2.28. The van der Waals surface area contributed by atoms with Gasteiger partial charge in [0.15, 0.2) is 0 Å². The molecule has 0 aliphatic carbocycles. The Morgan fingerprint density at radius 3 is 2.40 bits per heavy atom. The molecule has 0 spiro atoms. The van der Waals surface area contributed by atoms with Gasteiger partial charge in [-0.15, -0.1) is 0 Å². The third-order valence-corrected chi connectivity index (χ3v) is 8.64. The predicted octanol–water partition coefficient (Wildman–Crippen LogP) is 5.17. The van der Waals surface area contributed by atoms with Crippen molar-refractivity contribution in [1.82, 2.24) is 14.9 Å². The fourth-order valence-corrected chi connectivity index (χ4v) is 5.90. The van der Waals surface area contributed by atoms with Crippen molar-refractivity contribution in [3.05, 3.63) is 90.8 Å². The quantitative estimate of drug-likeness (QED) is 0.182.